The summed E-state index contributed by atoms with van der Waals surface area (Å²) in [5.74, 6) is 0.770. The predicted molar refractivity (Wildman–Crippen MR) is 126 cm³/mol. The summed E-state index contributed by atoms with van der Waals surface area (Å²) in [5.41, 5.74) is 5.90. The van der Waals surface area contributed by atoms with Crippen LogP contribution in [0, 0.1) is 13.8 Å². The number of pyridine rings is 1. The van der Waals surface area contributed by atoms with E-state index in [1.165, 1.54) is 5.56 Å². The maximum Gasteiger partial charge on any atom is 0.268 e. The van der Waals surface area contributed by atoms with Gasteiger partial charge in [-0.15, -0.1) is 10.2 Å². The van der Waals surface area contributed by atoms with Crippen LogP contribution >= 0.6 is 0 Å². The van der Waals surface area contributed by atoms with Gasteiger partial charge in [-0.3, -0.25) is 9.78 Å². The lowest BCUT2D eigenvalue weighted by molar-refractivity contribution is 0.306. The normalized spacial score (nSPS) is 13.8. The summed E-state index contributed by atoms with van der Waals surface area (Å²) < 4.78 is 7.83. The zero-order chi connectivity index (χ0) is 22.9. The molecule has 0 unspecified atom stereocenters. The summed E-state index contributed by atoms with van der Waals surface area (Å²) in [6, 6.07) is 9.81. The molecule has 8 nitrogen and oxygen atoms in total. The van der Waals surface area contributed by atoms with Crippen molar-refractivity contribution in [2.75, 3.05) is 7.05 Å². The van der Waals surface area contributed by atoms with Crippen molar-refractivity contribution in [2.45, 2.75) is 45.7 Å². The van der Waals surface area contributed by atoms with E-state index >= 15 is 0 Å². The molecule has 1 saturated carbocycles. The third kappa shape index (κ3) is 4.09. The van der Waals surface area contributed by atoms with Gasteiger partial charge in [0.05, 0.1) is 17.6 Å². The Labute approximate surface area is 191 Å². The highest BCUT2D eigenvalue weighted by atomic mass is 16.4. The molecule has 8 heteroatoms. The fourth-order valence-corrected chi connectivity index (χ4v) is 4.10. The van der Waals surface area contributed by atoms with Gasteiger partial charge >= 0.3 is 0 Å². The molecule has 1 N–H and O–H groups in total. The lowest BCUT2D eigenvalue weighted by atomic mass is 9.92. The number of hydrogen-bond donors (Lipinski definition) is 1. The van der Waals surface area contributed by atoms with Crippen LogP contribution in [0.1, 0.15) is 42.1 Å². The Morgan fingerprint density at radius 3 is 2.67 bits per heavy atom. The average molecular weight is 443 g/mol. The Hall–Kier alpha value is -3.65. The molecule has 0 aliphatic heterocycles. The first-order valence-corrected chi connectivity index (χ1v) is 11.2. The van der Waals surface area contributed by atoms with E-state index in [1.54, 1.807) is 18.3 Å². The van der Waals surface area contributed by atoms with Crippen LogP contribution in [0.3, 0.4) is 0 Å². The molecule has 3 heterocycles. The van der Waals surface area contributed by atoms with Crippen molar-refractivity contribution in [2.24, 2.45) is 0 Å². The molecule has 0 bridgehead atoms. The minimum Gasteiger partial charge on any atom is -0.415 e. The summed E-state index contributed by atoms with van der Waals surface area (Å²) in [7, 11) is 1.92. The first-order chi connectivity index (χ1) is 16.0. The maximum absolute atomic E-state index is 12.3. The standard InChI is InChI=1S/C25H26N6O2/c1-15-11-17(12-26-3)7-9-20(15)24-29-30-25(33-24)23-16(2)27-13-21(28-23)18-8-10-22(32)31(14-18)19-5-4-6-19/h7-11,13-14,19,26H,4-6,12H2,1-3H3. The fraction of sp³-hybridized carbons (Fsp3) is 0.320. The monoisotopic (exact) mass is 442 g/mol. The van der Waals surface area contributed by atoms with E-state index in [0.29, 0.717) is 28.9 Å². The number of nitrogens with one attached hydrogen (secondary N) is 1. The molecule has 1 aliphatic carbocycles. The SMILES string of the molecule is CNCc1ccc(-c2nnc(-c3nc(-c4ccc(=O)n(C5CCC5)c4)cnc3C)o2)c(C)c1. The summed E-state index contributed by atoms with van der Waals surface area (Å²) >= 11 is 0. The zero-order valence-electron chi connectivity index (χ0n) is 19.0. The molecule has 0 radical (unpaired) electrons. The molecule has 168 valence electrons. The van der Waals surface area contributed by atoms with Crippen molar-refractivity contribution < 1.29 is 4.42 Å². The number of aromatic nitrogens is 5. The highest BCUT2D eigenvalue weighted by Crippen LogP contribution is 2.32. The molecule has 0 atom stereocenters. The third-order valence-electron chi connectivity index (χ3n) is 6.19. The van der Waals surface area contributed by atoms with Crippen molar-refractivity contribution in [3.05, 3.63) is 69.9 Å². The van der Waals surface area contributed by atoms with E-state index in [2.05, 4.69) is 26.6 Å². The molecule has 4 aromatic rings. The van der Waals surface area contributed by atoms with E-state index in [0.717, 1.165) is 42.5 Å². The van der Waals surface area contributed by atoms with Crippen LogP contribution in [0.25, 0.3) is 34.3 Å². The van der Waals surface area contributed by atoms with Gasteiger partial charge in [0.15, 0.2) is 0 Å². The molecule has 3 aromatic heterocycles. The highest BCUT2D eigenvalue weighted by molar-refractivity contribution is 5.64. The molecule has 1 fully saturated rings. The van der Waals surface area contributed by atoms with Crippen LogP contribution < -0.4 is 10.9 Å². The van der Waals surface area contributed by atoms with Crippen LogP contribution in [0.4, 0.5) is 0 Å². The van der Waals surface area contributed by atoms with Gasteiger partial charge in [-0.05, 0) is 63.4 Å². The van der Waals surface area contributed by atoms with Crippen LogP contribution in [0.15, 0.2) is 51.9 Å². The molecular weight excluding hydrogens is 416 g/mol. The number of hydrogen-bond acceptors (Lipinski definition) is 7. The Bertz CT molecular complexity index is 1370. The van der Waals surface area contributed by atoms with Crippen molar-refractivity contribution in [1.29, 1.82) is 0 Å². The smallest absolute Gasteiger partial charge is 0.268 e. The van der Waals surface area contributed by atoms with Crippen molar-refractivity contribution in [3.63, 3.8) is 0 Å². The van der Waals surface area contributed by atoms with E-state index < -0.39 is 0 Å². The maximum atomic E-state index is 12.3. The quantitative estimate of drug-likeness (QED) is 0.480. The molecule has 33 heavy (non-hydrogen) atoms. The van der Waals surface area contributed by atoms with Crippen molar-refractivity contribution >= 4 is 0 Å². The lowest BCUT2D eigenvalue weighted by Crippen LogP contribution is -2.27. The molecule has 0 saturated heterocycles. The largest absolute Gasteiger partial charge is 0.415 e. The molecule has 0 amide bonds. The van der Waals surface area contributed by atoms with Crippen LogP contribution in [0.5, 0.6) is 0 Å². The molecular formula is C25H26N6O2. The van der Waals surface area contributed by atoms with Gasteiger partial charge in [-0.25, -0.2) is 4.98 Å². The Balaban J connectivity index is 1.49. The van der Waals surface area contributed by atoms with Gasteiger partial charge in [-0.2, -0.15) is 0 Å². The number of benzene rings is 1. The minimum absolute atomic E-state index is 0.0152. The van der Waals surface area contributed by atoms with Gasteiger partial charge in [-0.1, -0.05) is 12.1 Å². The highest BCUT2D eigenvalue weighted by Gasteiger charge is 2.21. The summed E-state index contributed by atoms with van der Waals surface area (Å²) in [5, 5.41) is 11.7. The Morgan fingerprint density at radius 2 is 1.94 bits per heavy atom. The molecule has 1 aromatic carbocycles. The van der Waals surface area contributed by atoms with E-state index in [9.17, 15) is 4.79 Å². The molecule has 1 aliphatic rings. The van der Waals surface area contributed by atoms with E-state index in [1.807, 2.05) is 43.8 Å². The van der Waals surface area contributed by atoms with Crippen LogP contribution in [-0.2, 0) is 6.54 Å². The second kappa shape index (κ2) is 8.71. The predicted octanol–water partition coefficient (Wildman–Crippen LogP) is 4.08. The van der Waals surface area contributed by atoms with Gasteiger partial charge < -0.3 is 14.3 Å². The fourth-order valence-electron chi connectivity index (χ4n) is 4.10. The number of aryl methyl sites for hydroxylation is 2. The van der Waals surface area contributed by atoms with Gasteiger partial charge in [0.25, 0.3) is 11.4 Å². The van der Waals surface area contributed by atoms with Crippen molar-refractivity contribution in [1.82, 2.24) is 30.0 Å². The minimum atomic E-state index is 0.0152. The molecule has 0 spiro atoms. The Morgan fingerprint density at radius 1 is 1.12 bits per heavy atom. The number of rotatable bonds is 6. The van der Waals surface area contributed by atoms with Crippen LogP contribution in [0.2, 0.25) is 0 Å². The van der Waals surface area contributed by atoms with Crippen LogP contribution in [-0.4, -0.2) is 31.8 Å². The Kier molecular flexibility index (Phi) is 5.60. The first-order valence-electron chi connectivity index (χ1n) is 11.2. The summed E-state index contributed by atoms with van der Waals surface area (Å²) in [4.78, 5) is 21.6. The zero-order valence-corrected chi connectivity index (χ0v) is 19.0. The lowest BCUT2D eigenvalue weighted by Gasteiger charge is -2.27. The summed E-state index contributed by atoms with van der Waals surface area (Å²) in [6.45, 7) is 4.69. The third-order valence-corrected chi connectivity index (χ3v) is 6.19. The summed E-state index contributed by atoms with van der Waals surface area (Å²) in [6.07, 6.45) is 6.83. The van der Waals surface area contributed by atoms with Gasteiger partial charge in [0, 0.05) is 36.0 Å². The number of nitrogens with zero attached hydrogens (tertiary/aromatic N) is 5. The first kappa shape index (κ1) is 21.2. The second-order valence-corrected chi connectivity index (χ2v) is 8.53. The second-order valence-electron chi connectivity index (χ2n) is 8.53. The topological polar surface area (TPSA) is 98.7 Å². The average Bonchev–Trinajstić information content (AvgIpc) is 3.24. The molecule has 5 rings (SSSR count). The van der Waals surface area contributed by atoms with Gasteiger partial charge in [0.2, 0.25) is 5.89 Å². The van der Waals surface area contributed by atoms with E-state index in [-0.39, 0.29) is 11.6 Å². The van der Waals surface area contributed by atoms with E-state index in [4.69, 9.17) is 9.40 Å². The van der Waals surface area contributed by atoms with Crippen molar-refractivity contribution in [3.8, 4) is 34.3 Å². The van der Waals surface area contributed by atoms with Gasteiger partial charge in [0.1, 0.15) is 5.69 Å².